The molecule has 256 valence electrons. The Hall–Kier alpha value is -1.56. The summed E-state index contributed by atoms with van der Waals surface area (Å²) in [4.78, 5) is 12.1. The third kappa shape index (κ3) is 30.8. The molecule has 0 aliphatic rings. The van der Waals surface area contributed by atoms with Crippen molar-refractivity contribution in [2.24, 2.45) is 21.5 Å². The summed E-state index contributed by atoms with van der Waals surface area (Å²) in [5.41, 5.74) is 12.3. The van der Waals surface area contributed by atoms with E-state index >= 15 is 0 Å². The highest BCUT2D eigenvalue weighted by Crippen LogP contribution is 2.18. The highest BCUT2D eigenvalue weighted by atomic mass is 35.5. The first-order valence-electron chi connectivity index (χ1n) is 13.1. The normalized spacial score (nSPS) is 9.73. The molecule has 2 aromatic rings. The molecule has 2 rings (SSSR count). The number of nitrogens with one attached hydrogen (secondary N) is 2. The maximum Gasteiger partial charge on any atom is 0.199 e. The number of anilines is 1. The molecular weight excluding hydrogens is 706 g/mol. The first-order valence-corrected chi connectivity index (χ1v) is 15.9. The molecule has 2 unspecified atom stereocenters. The van der Waals surface area contributed by atoms with E-state index in [1.165, 1.54) is 23.5 Å². The molecule has 0 saturated carbocycles. The number of likely N-dealkylation sites (N-methyl/N-ethyl adjacent to an activating group) is 2. The van der Waals surface area contributed by atoms with Gasteiger partial charge >= 0.3 is 0 Å². The maximum atomic E-state index is 6.64. The van der Waals surface area contributed by atoms with Gasteiger partial charge in [-0.15, -0.1) is 12.4 Å². The second-order valence-electron chi connectivity index (χ2n) is 8.64. The summed E-state index contributed by atoms with van der Waals surface area (Å²) in [5, 5.41) is 13.0. The number of nitrogens with two attached hydrogens (primary N) is 2. The Morgan fingerprint density at radius 1 is 0.867 bits per heavy atom. The van der Waals surface area contributed by atoms with Gasteiger partial charge in [0, 0.05) is 18.8 Å². The van der Waals surface area contributed by atoms with Crippen molar-refractivity contribution in [3.63, 3.8) is 0 Å². The van der Waals surface area contributed by atoms with Gasteiger partial charge in [-0.3, -0.25) is 5.41 Å². The summed E-state index contributed by atoms with van der Waals surface area (Å²) >= 11 is 12.4. The first-order chi connectivity index (χ1) is 20.0. The molecule has 0 amide bonds. The number of hydrogen-bond donors (Lipinski definition) is 4. The molecule has 17 heteroatoms. The van der Waals surface area contributed by atoms with Gasteiger partial charge in [-0.25, -0.2) is 0 Å². The number of amidine groups is 2. The molecule has 10 nitrogen and oxygen atoms in total. The zero-order chi connectivity index (χ0) is 31.8. The monoisotopic (exact) mass is 756 g/mol. The number of ether oxygens (including phenoxy) is 2. The minimum absolute atomic E-state index is 0. The molecule has 0 saturated heterocycles. The van der Waals surface area contributed by atoms with E-state index < -0.39 is 0 Å². The fraction of sp³-hybridized carbons (Fsp3) is 0.429. The van der Waals surface area contributed by atoms with E-state index in [2.05, 4.69) is 42.5 Å². The molecule has 0 fully saturated rings. The van der Waals surface area contributed by atoms with E-state index in [1.807, 2.05) is 90.6 Å². The largest absolute Gasteiger partial charge is 0.492 e. The van der Waals surface area contributed by atoms with Gasteiger partial charge in [0.2, 0.25) is 0 Å². The molecule has 0 aliphatic carbocycles. The van der Waals surface area contributed by atoms with E-state index in [1.54, 1.807) is 0 Å². The zero-order valence-electron chi connectivity index (χ0n) is 27.1. The van der Waals surface area contributed by atoms with Crippen LogP contribution in [0.1, 0.15) is 13.8 Å². The van der Waals surface area contributed by atoms with Crippen LogP contribution in [0.2, 0.25) is 0 Å². The average Bonchev–Trinajstić information content (AvgIpc) is 2.91. The van der Waals surface area contributed by atoms with Crippen LogP contribution in [0, 0.1) is 5.41 Å². The van der Waals surface area contributed by atoms with E-state index in [0.717, 1.165) is 47.5 Å². The second kappa shape index (κ2) is 32.4. The predicted molar refractivity (Wildman–Crippen MR) is 221 cm³/mol. The summed E-state index contributed by atoms with van der Waals surface area (Å²) in [5.74, 6) is 3.45. The minimum atomic E-state index is 0. The van der Waals surface area contributed by atoms with E-state index in [0.29, 0.717) is 23.5 Å². The highest BCUT2D eigenvalue weighted by Gasteiger charge is 2.00. The number of thiocarbonyl (C=S) groups is 2. The van der Waals surface area contributed by atoms with E-state index in [4.69, 9.17) is 38.6 Å². The van der Waals surface area contributed by atoms with Gasteiger partial charge in [0.1, 0.15) is 24.7 Å². The summed E-state index contributed by atoms with van der Waals surface area (Å²) in [6, 6.07) is 15.0. The Labute approximate surface area is 301 Å². The molecule has 45 heavy (non-hydrogen) atoms. The first kappa shape index (κ1) is 50.3. The van der Waals surface area contributed by atoms with Crippen LogP contribution in [0.4, 0.5) is 11.4 Å². The summed E-state index contributed by atoms with van der Waals surface area (Å²) in [6.07, 6.45) is 0. The van der Waals surface area contributed by atoms with Crippen LogP contribution in [0.15, 0.2) is 58.5 Å². The molecule has 0 aliphatic heterocycles. The molecule has 0 radical (unpaired) electrons. The lowest BCUT2D eigenvalue weighted by Gasteiger charge is -2.11. The fourth-order valence-corrected chi connectivity index (χ4v) is 3.73. The number of nitrogens with zero attached hydrogens (tertiary/aromatic N) is 4. The molecular formula is C28H51ClN8O2P2S4. The SMILES string of the molecule is CCSC(=N)N.CCSC(N)=NC(=S)Nc1ccc(OCCN(C)C)cc1.CN(C)CCOc1ccc(N=C=S)cc1.Cl.P.P. The van der Waals surface area contributed by atoms with Gasteiger partial charge in [0.25, 0.3) is 0 Å². The van der Waals surface area contributed by atoms with Gasteiger partial charge in [-0.2, -0.15) is 29.8 Å². The van der Waals surface area contributed by atoms with Crippen molar-refractivity contribution in [1.29, 1.82) is 5.41 Å². The van der Waals surface area contributed by atoms with Crippen molar-refractivity contribution in [3.8, 4) is 11.5 Å². The Balaban J connectivity index is -0.000000308. The van der Waals surface area contributed by atoms with Crippen molar-refractivity contribution >= 4 is 112 Å². The molecule has 6 N–H and O–H groups in total. The summed E-state index contributed by atoms with van der Waals surface area (Å²) < 4.78 is 11.1. The number of aliphatic imine (C=N–C) groups is 2. The summed E-state index contributed by atoms with van der Waals surface area (Å²) in [6.45, 7) is 7.10. The Bertz CT molecular complexity index is 1130. The van der Waals surface area contributed by atoms with Gasteiger partial charge in [-0.05, 0) is 113 Å². The van der Waals surface area contributed by atoms with Crippen LogP contribution >= 0.6 is 80.2 Å². The van der Waals surface area contributed by atoms with Crippen molar-refractivity contribution in [2.45, 2.75) is 13.8 Å². The van der Waals surface area contributed by atoms with E-state index in [-0.39, 0.29) is 37.4 Å². The molecule has 0 spiro atoms. The Morgan fingerprint density at radius 2 is 1.31 bits per heavy atom. The van der Waals surface area contributed by atoms with Gasteiger partial charge in [-0.1, -0.05) is 37.4 Å². The number of halogens is 1. The minimum Gasteiger partial charge on any atom is -0.492 e. The standard InChI is InChI=1S/C14H22N4OS2.C11H14N2OS.C3H8N2S.ClH.2H3P/c1-4-21-13(15)17-14(20)16-11-5-7-12(8-6-11)19-10-9-18(2)3;1-13(2)7-8-14-11-5-3-10(4-6-11)12-9-15;1-2-6-3(4)5;;;/h5-8H,4,9-10H2,1-3H3,(H3,15,16,17,20);3-6H,7-8H2,1-2H3;2H2,1H3,(H3,4,5);1H;2*1H3. The average molecular weight is 757 g/mol. The van der Waals surface area contributed by atoms with Crippen molar-refractivity contribution in [2.75, 3.05) is 71.3 Å². The third-order valence-electron chi connectivity index (χ3n) is 4.54. The molecule has 0 aromatic heterocycles. The van der Waals surface area contributed by atoms with Gasteiger partial charge in [0.05, 0.1) is 10.8 Å². The van der Waals surface area contributed by atoms with Crippen LogP contribution < -0.4 is 26.3 Å². The van der Waals surface area contributed by atoms with Gasteiger partial charge < -0.3 is 36.1 Å². The van der Waals surface area contributed by atoms with Crippen LogP contribution in [0.3, 0.4) is 0 Å². The maximum absolute atomic E-state index is 6.64. The lowest BCUT2D eigenvalue weighted by molar-refractivity contribution is 0.261. The smallest absolute Gasteiger partial charge is 0.199 e. The quantitative estimate of drug-likeness (QED) is 0.0889. The van der Waals surface area contributed by atoms with E-state index in [9.17, 15) is 0 Å². The zero-order valence-corrected chi connectivity index (χ0v) is 34.0. The second-order valence-corrected chi connectivity index (χ2v) is 11.8. The number of benzene rings is 2. The van der Waals surface area contributed by atoms with Crippen molar-refractivity contribution in [3.05, 3.63) is 48.5 Å². The lowest BCUT2D eigenvalue weighted by atomic mass is 10.3. The topological polar surface area (TPSA) is 138 Å². The molecule has 0 heterocycles. The van der Waals surface area contributed by atoms with Crippen molar-refractivity contribution < 1.29 is 9.47 Å². The fourth-order valence-electron chi connectivity index (χ4n) is 2.58. The van der Waals surface area contributed by atoms with Crippen LogP contribution in [0.25, 0.3) is 0 Å². The van der Waals surface area contributed by atoms with Crippen LogP contribution in [-0.2, 0) is 0 Å². The highest BCUT2D eigenvalue weighted by molar-refractivity contribution is 8.14. The van der Waals surface area contributed by atoms with Crippen LogP contribution in [-0.4, -0.2) is 96.4 Å². The molecule has 2 aromatic carbocycles. The lowest BCUT2D eigenvalue weighted by Crippen LogP contribution is -2.19. The molecule has 2 atom stereocenters. The number of thioether (sulfide) groups is 2. The van der Waals surface area contributed by atoms with Gasteiger partial charge in [0.15, 0.2) is 15.4 Å². The number of isothiocyanates is 1. The number of rotatable bonds is 12. The number of hydrogen-bond acceptors (Lipinski definition) is 10. The predicted octanol–water partition coefficient (Wildman–Crippen LogP) is 5.92. The molecule has 0 bridgehead atoms. The summed E-state index contributed by atoms with van der Waals surface area (Å²) in [7, 11) is 8.06. The Morgan fingerprint density at radius 3 is 1.67 bits per heavy atom. The Kier molecular flexibility index (Phi) is 36.2. The third-order valence-corrected chi connectivity index (χ3v) is 6.10. The van der Waals surface area contributed by atoms with Crippen molar-refractivity contribution in [1.82, 2.24) is 9.80 Å². The van der Waals surface area contributed by atoms with Crippen LogP contribution in [0.5, 0.6) is 11.5 Å².